The quantitative estimate of drug-likeness (QED) is 0.363. The number of hydrogen-bond acceptors (Lipinski definition) is 6. The predicted molar refractivity (Wildman–Crippen MR) is 129 cm³/mol. The lowest BCUT2D eigenvalue weighted by Gasteiger charge is -2.27. The summed E-state index contributed by atoms with van der Waals surface area (Å²) in [5.41, 5.74) is 2.57. The standard InChI is InChI=1S/C27H24N2O6/c1-33-18-6-3-5-16(13-18)24-23(25(30)22-7-4-12-35-22)26(31)27(32)29(24)11-10-17-15-28-21-9-8-19(34-2)14-20(17)21/h3-9,12-15,24,28,31H,10-11H2,1-2H3/t24-/m1/s1. The Bertz CT molecular complexity index is 1430. The number of benzene rings is 2. The number of amides is 1. The maximum Gasteiger partial charge on any atom is 0.290 e. The Hall–Kier alpha value is -4.46. The summed E-state index contributed by atoms with van der Waals surface area (Å²) in [7, 11) is 3.16. The fourth-order valence-electron chi connectivity index (χ4n) is 4.55. The summed E-state index contributed by atoms with van der Waals surface area (Å²) in [6, 6.07) is 15.2. The number of ether oxygens (including phenoxy) is 2. The summed E-state index contributed by atoms with van der Waals surface area (Å²) < 4.78 is 16.0. The lowest BCUT2D eigenvalue weighted by molar-refractivity contribution is -0.129. The number of aromatic nitrogens is 1. The molecule has 2 aromatic carbocycles. The van der Waals surface area contributed by atoms with Crippen LogP contribution < -0.4 is 9.47 Å². The molecule has 8 heteroatoms. The van der Waals surface area contributed by atoms with Crippen molar-refractivity contribution in [2.24, 2.45) is 0 Å². The second kappa shape index (κ2) is 9.06. The van der Waals surface area contributed by atoms with E-state index in [1.54, 1.807) is 44.6 Å². The number of methoxy groups -OCH3 is 2. The molecule has 0 radical (unpaired) electrons. The van der Waals surface area contributed by atoms with Crippen LogP contribution in [-0.2, 0) is 11.2 Å². The van der Waals surface area contributed by atoms with Crippen molar-refractivity contribution in [3.05, 3.63) is 95.3 Å². The van der Waals surface area contributed by atoms with Crippen molar-refractivity contribution in [1.29, 1.82) is 0 Å². The minimum Gasteiger partial charge on any atom is -0.503 e. The molecule has 2 aromatic heterocycles. The van der Waals surface area contributed by atoms with Crippen LogP contribution in [0.2, 0.25) is 0 Å². The molecule has 0 spiro atoms. The predicted octanol–water partition coefficient (Wildman–Crippen LogP) is 4.60. The third-order valence-electron chi connectivity index (χ3n) is 6.30. The van der Waals surface area contributed by atoms with E-state index < -0.39 is 23.5 Å². The number of aromatic amines is 1. The number of aliphatic hydroxyl groups is 1. The van der Waals surface area contributed by atoms with Gasteiger partial charge in [-0.25, -0.2) is 0 Å². The molecule has 8 nitrogen and oxygen atoms in total. The van der Waals surface area contributed by atoms with Crippen LogP contribution in [0.5, 0.6) is 11.5 Å². The molecule has 0 bridgehead atoms. The number of furan rings is 1. The molecule has 1 atom stereocenters. The number of fused-ring (bicyclic) bond motifs is 1. The van der Waals surface area contributed by atoms with Gasteiger partial charge in [0.25, 0.3) is 5.91 Å². The van der Waals surface area contributed by atoms with Crippen molar-refractivity contribution in [2.45, 2.75) is 12.5 Å². The minimum atomic E-state index is -0.796. The van der Waals surface area contributed by atoms with E-state index in [2.05, 4.69) is 4.98 Å². The number of aliphatic hydroxyl groups excluding tert-OH is 1. The van der Waals surface area contributed by atoms with Crippen molar-refractivity contribution >= 4 is 22.6 Å². The topological polar surface area (TPSA) is 105 Å². The van der Waals surface area contributed by atoms with E-state index in [1.165, 1.54) is 17.2 Å². The van der Waals surface area contributed by atoms with Gasteiger partial charge >= 0.3 is 0 Å². The molecular formula is C27H24N2O6. The first-order valence-electron chi connectivity index (χ1n) is 11.1. The normalized spacial score (nSPS) is 15.8. The number of nitrogens with zero attached hydrogens (tertiary/aromatic N) is 1. The van der Waals surface area contributed by atoms with Crippen molar-refractivity contribution in [2.75, 3.05) is 20.8 Å². The molecular weight excluding hydrogens is 448 g/mol. The van der Waals surface area contributed by atoms with E-state index in [1.807, 2.05) is 24.4 Å². The Labute approximate surface area is 201 Å². The zero-order valence-corrected chi connectivity index (χ0v) is 19.3. The summed E-state index contributed by atoms with van der Waals surface area (Å²) in [4.78, 5) is 31.3. The molecule has 1 aliphatic rings. The highest BCUT2D eigenvalue weighted by Crippen LogP contribution is 2.40. The highest BCUT2D eigenvalue weighted by atomic mass is 16.5. The molecule has 1 aliphatic heterocycles. The summed E-state index contributed by atoms with van der Waals surface area (Å²) in [5, 5.41) is 11.8. The third kappa shape index (κ3) is 3.93. The van der Waals surface area contributed by atoms with Crippen LogP contribution >= 0.6 is 0 Å². The molecule has 0 saturated carbocycles. The second-order valence-electron chi connectivity index (χ2n) is 8.22. The molecule has 0 aliphatic carbocycles. The first-order valence-corrected chi connectivity index (χ1v) is 11.1. The number of carbonyl (C=O) groups excluding carboxylic acids is 2. The maximum atomic E-state index is 13.3. The summed E-state index contributed by atoms with van der Waals surface area (Å²) in [6.07, 6.45) is 3.77. The average Bonchev–Trinajstić information content (AvgIpc) is 3.62. The van der Waals surface area contributed by atoms with Crippen LogP contribution in [0.15, 0.2) is 82.8 Å². The van der Waals surface area contributed by atoms with E-state index in [9.17, 15) is 14.7 Å². The van der Waals surface area contributed by atoms with Crippen LogP contribution in [0.3, 0.4) is 0 Å². The van der Waals surface area contributed by atoms with Gasteiger partial charge in [0.1, 0.15) is 11.5 Å². The Balaban J connectivity index is 1.52. The zero-order chi connectivity index (χ0) is 24.5. The molecule has 2 N–H and O–H groups in total. The Kier molecular flexibility index (Phi) is 5.78. The zero-order valence-electron chi connectivity index (χ0n) is 19.3. The number of rotatable bonds is 8. The first kappa shape index (κ1) is 22.3. The van der Waals surface area contributed by atoms with Gasteiger partial charge in [-0.05, 0) is 60.0 Å². The Morgan fingerprint density at radius 2 is 1.89 bits per heavy atom. The molecule has 4 aromatic rings. The molecule has 178 valence electrons. The third-order valence-corrected chi connectivity index (χ3v) is 6.30. The molecule has 0 saturated heterocycles. The van der Waals surface area contributed by atoms with Crippen molar-refractivity contribution in [3.8, 4) is 11.5 Å². The highest BCUT2D eigenvalue weighted by Gasteiger charge is 2.44. The number of carbonyl (C=O) groups is 2. The summed E-state index contributed by atoms with van der Waals surface area (Å²) in [6.45, 7) is 0.268. The lowest BCUT2D eigenvalue weighted by atomic mass is 9.94. The molecule has 3 heterocycles. The highest BCUT2D eigenvalue weighted by molar-refractivity contribution is 6.15. The smallest absolute Gasteiger partial charge is 0.290 e. The Morgan fingerprint density at radius 1 is 1.09 bits per heavy atom. The fraction of sp³-hybridized carbons (Fsp3) is 0.185. The summed E-state index contributed by atoms with van der Waals surface area (Å²) >= 11 is 0. The van der Waals surface area contributed by atoms with E-state index in [4.69, 9.17) is 13.9 Å². The molecule has 0 fully saturated rings. The molecule has 1 amide bonds. The van der Waals surface area contributed by atoms with Crippen molar-refractivity contribution < 1.29 is 28.6 Å². The lowest BCUT2D eigenvalue weighted by Crippen LogP contribution is -2.33. The maximum absolute atomic E-state index is 13.3. The second-order valence-corrected chi connectivity index (χ2v) is 8.22. The van der Waals surface area contributed by atoms with Gasteiger partial charge in [-0.2, -0.15) is 0 Å². The van der Waals surface area contributed by atoms with Crippen LogP contribution in [0.1, 0.15) is 27.7 Å². The number of hydrogen-bond donors (Lipinski definition) is 2. The average molecular weight is 472 g/mol. The number of H-pyrrole nitrogens is 1. The molecule has 0 unspecified atom stereocenters. The van der Waals surface area contributed by atoms with Crippen LogP contribution in [0.25, 0.3) is 10.9 Å². The van der Waals surface area contributed by atoms with Gasteiger partial charge in [-0.3, -0.25) is 9.59 Å². The fourth-order valence-corrected chi connectivity index (χ4v) is 4.55. The van der Waals surface area contributed by atoms with Gasteiger partial charge < -0.3 is 28.9 Å². The van der Waals surface area contributed by atoms with Gasteiger partial charge in [0.15, 0.2) is 11.5 Å². The van der Waals surface area contributed by atoms with Crippen LogP contribution in [0.4, 0.5) is 0 Å². The number of nitrogens with one attached hydrogen (secondary N) is 1. The van der Waals surface area contributed by atoms with Gasteiger partial charge in [-0.15, -0.1) is 0 Å². The largest absolute Gasteiger partial charge is 0.503 e. The number of ketones is 1. The van der Waals surface area contributed by atoms with Crippen molar-refractivity contribution in [1.82, 2.24) is 9.88 Å². The van der Waals surface area contributed by atoms with Crippen molar-refractivity contribution in [3.63, 3.8) is 0 Å². The Morgan fingerprint density at radius 3 is 2.63 bits per heavy atom. The van der Waals surface area contributed by atoms with Crippen LogP contribution in [0, 0.1) is 0 Å². The molecule has 5 rings (SSSR count). The van der Waals surface area contributed by atoms with Gasteiger partial charge in [-0.1, -0.05) is 12.1 Å². The van der Waals surface area contributed by atoms with Gasteiger partial charge in [0.2, 0.25) is 5.78 Å². The van der Waals surface area contributed by atoms with E-state index in [0.717, 1.165) is 22.2 Å². The molecule has 35 heavy (non-hydrogen) atoms. The van der Waals surface area contributed by atoms with Gasteiger partial charge in [0.05, 0.1) is 32.1 Å². The van der Waals surface area contributed by atoms with E-state index in [0.29, 0.717) is 17.7 Å². The minimum absolute atomic E-state index is 0.0150. The first-order chi connectivity index (χ1) is 17.0. The summed E-state index contributed by atoms with van der Waals surface area (Å²) in [5.74, 6) is -0.346. The monoisotopic (exact) mass is 472 g/mol. The van der Waals surface area contributed by atoms with E-state index in [-0.39, 0.29) is 17.9 Å². The van der Waals surface area contributed by atoms with Gasteiger partial charge in [0, 0.05) is 23.6 Å². The van der Waals surface area contributed by atoms with E-state index >= 15 is 0 Å². The van der Waals surface area contributed by atoms with Crippen LogP contribution in [-0.4, -0.2) is 47.4 Å². The SMILES string of the molecule is COc1cccc([C@@H]2C(C(=O)c3ccco3)=C(O)C(=O)N2CCc2c[nH]c3ccc(OC)cc23)c1. The number of Topliss-reactive ketones (excluding diaryl/α,β-unsaturated/α-hetero) is 1.